The molecule has 0 aliphatic rings. The smallest absolute Gasteiger partial charge is 0.150 e. The van der Waals surface area contributed by atoms with Gasteiger partial charge < -0.3 is 5.21 Å². The van der Waals surface area contributed by atoms with Crippen molar-refractivity contribution in [3.8, 4) is 11.4 Å². The summed E-state index contributed by atoms with van der Waals surface area (Å²) in [5.74, 6) is -0.564. The molecule has 0 radical (unpaired) electrons. The maximum absolute atomic E-state index is 13.2. The number of aromatic nitrogens is 3. The highest BCUT2D eigenvalue weighted by atomic mass is 19.1. The molecular weight excluding hydrogens is 211 g/mol. The number of oxime groups is 1. The fourth-order valence-electron chi connectivity index (χ4n) is 1.18. The molecule has 0 aromatic carbocycles. The van der Waals surface area contributed by atoms with E-state index in [1.165, 1.54) is 30.7 Å². The van der Waals surface area contributed by atoms with Gasteiger partial charge in [-0.05, 0) is 12.1 Å². The molecule has 80 valence electrons. The third-order valence-electron chi connectivity index (χ3n) is 1.88. The van der Waals surface area contributed by atoms with Crippen LogP contribution in [-0.4, -0.2) is 26.4 Å². The molecule has 6 heteroatoms. The molecule has 0 unspecified atom stereocenters. The highest BCUT2D eigenvalue weighted by Gasteiger charge is 2.06. The van der Waals surface area contributed by atoms with Gasteiger partial charge in [0.05, 0.1) is 18.1 Å². The normalized spacial score (nSPS) is 10.8. The maximum Gasteiger partial charge on any atom is 0.150 e. The number of rotatable bonds is 2. The van der Waals surface area contributed by atoms with Crippen LogP contribution >= 0.6 is 0 Å². The molecule has 0 aliphatic carbocycles. The minimum absolute atomic E-state index is 0.0503. The van der Waals surface area contributed by atoms with Crippen LogP contribution in [0.5, 0.6) is 0 Å². The Balaban J connectivity index is 2.48. The summed E-state index contributed by atoms with van der Waals surface area (Å²) in [4.78, 5) is 11.9. The van der Waals surface area contributed by atoms with Gasteiger partial charge in [-0.1, -0.05) is 5.16 Å². The van der Waals surface area contributed by atoms with E-state index in [0.717, 1.165) is 6.21 Å². The fraction of sp³-hybridized carbons (Fsp3) is 0. The van der Waals surface area contributed by atoms with Crippen molar-refractivity contribution >= 4 is 6.21 Å². The first-order valence-electron chi connectivity index (χ1n) is 4.41. The van der Waals surface area contributed by atoms with Crippen molar-refractivity contribution in [3.63, 3.8) is 0 Å². The van der Waals surface area contributed by atoms with Gasteiger partial charge in [0.2, 0.25) is 0 Å². The Morgan fingerprint density at radius 2 is 2.12 bits per heavy atom. The predicted octanol–water partition coefficient (Wildman–Crippen LogP) is 1.49. The fourth-order valence-corrected chi connectivity index (χ4v) is 1.18. The monoisotopic (exact) mass is 218 g/mol. The van der Waals surface area contributed by atoms with Crippen molar-refractivity contribution in [1.82, 2.24) is 15.0 Å². The second kappa shape index (κ2) is 4.43. The van der Waals surface area contributed by atoms with E-state index >= 15 is 0 Å². The Hall–Kier alpha value is -2.37. The molecule has 5 nitrogen and oxygen atoms in total. The van der Waals surface area contributed by atoms with E-state index < -0.39 is 5.82 Å². The van der Waals surface area contributed by atoms with Gasteiger partial charge >= 0.3 is 0 Å². The molecule has 0 atom stereocenters. The molecule has 0 amide bonds. The second-order valence-electron chi connectivity index (χ2n) is 2.90. The van der Waals surface area contributed by atoms with E-state index in [2.05, 4.69) is 20.1 Å². The van der Waals surface area contributed by atoms with E-state index in [4.69, 9.17) is 5.21 Å². The lowest BCUT2D eigenvalue weighted by Crippen LogP contribution is -1.97. The molecule has 2 aromatic rings. The zero-order chi connectivity index (χ0) is 11.4. The third kappa shape index (κ3) is 2.00. The molecule has 0 aliphatic heterocycles. The molecular formula is C10H7FN4O. The van der Waals surface area contributed by atoms with Crippen LogP contribution < -0.4 is 0 Å². The molecule has 0 saturated heterocycles. The summed E-state index contributed by atoms with van der Waals surface area (Å²) in [6, 6.07) is 2.71. The standard InChI is InChI=1S/C10H7FN4O/c11-7-1-2-8(15-9(7)6-14-16)10-5-12-3-4-13-10/h1-6,16H. The Labute approximate surface area is 90.3 Å². The number of hydrogen-bond acceptors (Lipinski definition) is 5. The second-order valence-corrected chi connectivity index (χ2v) is 2.90. The summed E-state index contributed by atoms with van der Waals surface area (Å²) in [5.41, 5.74) is 0.935. The minimum atomic E-state index is -0.564. The number of pyridine rings is 1. The van der Waals surface area contributed by atoms with E-state index in [-0.39, 0.29) is 5.69 Å². The summed E-state index contributed by atoms with van der Waals surface area (Å²) in [7, 11) is 0. The SMILES string of the molecule is ON=Cc1nc(-c2cnccn2)ccc1F. The average molecular weight is 218 g/mol. The van der Waals surface area contributed by atoms with Crippen molar-refractivity contribution < 1.29 is 9.60 Å². The van der Waals surface area contributed by atoms with Crippen LogP contribution in [-0.2, 0) is 0 Å². The van der Waals surface area contributed by atoms with E-state index in [0.29, 0.717) is 11.4 Å². The van der Waals surface area contributed by atoms with Gasteiger partial charge in [0.15, 0.2) is 5.82 Å². The molecule has 1 N–H and O–H groups in total. The predicted molar refractivity (Wildman–Crippen MR) is 54.6 cm³/mol. The minimum Gasteiger partial charge on any atom is -0.411 e. The molecule has 0 fully saturated rings. The van der Waals surface area contributed by atoms with Crippen molar-refractivity contribution in [2.45, 2.75) is 0 Å². The van der Waals surface area contributed by atoms with Gasteiger partial charge in [-0.25, -0.2) is 9.37 Å². The van der Waals surface area contributed by atoms with Crippen molar-refractivity contribution in [2.75, 3.05) is 0 Å². The van der Waals surface area contributed by atoms with E-state index in [1.54, 1.807) is 0 Å². The van der Waals surface area contributed by atoms with Gasteiger partial charge in [-0.2, -0.15) is 0 Å². The molecule has 2 heterocycles. The first kappa shape index (κ1) is 10.2. The zero-order valence-electron chi connectivity index (χ0n) is 8.08. The largest absolute Gasteiger partial charge is 0.411 e. The lowest BCUT2D eigenvalue weighted by atomic mass is 10.2. The number of nitrogens with zero attached hydrogens (tertiary/aromatic N) is 4. The lowest BCUT2D eigenvalue weighted by Gasteiger charge is -2.00. The summed E-state index contributed by atoms with van der Waals surface area (Å²) in [6.45, 7) is 0. The average Bonchev–Trinajstić information content (AvgIpc) is 2.33. The molecule has 0 spiro atoms. The summed E-state index contributed by atoms with van der Waals surface area (Å²) < 4.78 is 13.2. The van der Waals surface area contributed by atoms with Gasteiger partial charge in [0.25, 0.3) is 0 Å². The van der Waals surface area contributed by atoms with Crippen LogP contribution in [0.1, 0.15) is 5.69 Å². The number of hydrogen-bond donors (Lipinski definition) is 1. The lowest BCUT2D eigenvalue weighted by molar-refractivity contribution is 0.321. The summed E-state index contributed by atoms with van der Waals surface area (Å²) in [6.07, 6.45) is 5.48. The Kier molecular flexibility index (Phi) is 2.81. The van der Waals surface area contributed by atoms with E-state index in [1.807, 2.05) is 0 Å². The Bertz CT molecular complexity index is 515. The Morgan fingerprint density at radius 1 is 1.25 bits per heavy atom. The van der Waals surface area contributed by atoms with Crippen LogP contribution in [0.4, 0.5) is 4.39 Å². The maximum atomic E-state index is 13.2. The summed E-state index contributed by atoms with van der Waals surface area (Å²) in [5, 5.41) is 11.1. The number of halogens is 1. The van der Waals surface area contributed by atoms with Crippen LogP contribution in [0.2, 0.25) is 0 Å². The highest BCUT2D eigenvalue weighted by Crippen LogP contribution is 2.14. The zero-order valence-corrected chi connectivity index (χ0v) is 8.08. The van der Waals surface area contributed by atoms with Crippen molar-refractivity contribution in [1.29, 1.82) is 0 Å². The quantitative estimate of drug-likeness (QED) is 0.471. The molecule has 16 heavy (non-hydrogen) atoms. The van der Waals surface area contributed by atoms with E-state index in [9.17, 15) is 4.39 Å². The Morgan fingerprint density at radius 3 is 2.81 bits per heavy atom. The van der Waals surface area contributed by atoms with Crippen LogP contribution in [0.25, 0.3) is 11.4 Å². The molecule has 0 bridgehead atoms. The van der Waals surface area contributed by atoms with Crippen molar-refractivity contribution in [2.24, 2.45) is 5.16 Å². The van der Waals surface area contributed by atoms with Crippen LogP contribution in [0.15, 0.2) is 35.9 Å². The summed E-state index contributed by atoms with van der Waals surface area (Å²) >= 11 is 0. The first-order valence-corrected chi connectivity index (χ1v) is 4.41. The highest BCUT2D eigenvalue weighted by molar-refractivity contribution is 5.77. The molecule has 0 saturated carbocycles. The molecule has 2 rings (SSSR count). The first-order chi connectivity index (χ1) is 7.81. The van der Waals surface area contributed by atoms with Gasteiger partial charge in [0, 0.05) is 12.4 Å². The third-order valence-corrected chi connectivity index (χ3v) is 1.88. The van der Waals surface area contributed by atoms with Crippen LogP contribution in [0, 0.1) is 5.82 Å². The van der Waals surface area contributed by atoms with Crippen molar-refractivity contribution in [3.05, 3.63) is 42.2 Å². The van der Waals surface area contributed by atoms with Crippen LogP contribution in [0.3, 0.4) is 0 Å². The molecule has 2 aromatic heterocycles. The van der Waals surface area contributed by atoms with Gasteiger partial charge in [-0.15, -0.1) is 0 Å². The van der Waals surface area contributed by atoms with Gasteiger partial charge in [-0.3, -0.25) is 9.97 Å². The van der Waals surface area contributed by atoms with Gasteiger partial charge in [0.1, 0.15) is 11.4 Å². The topological polar surface area (TPSA) is 71.3 Å².